The van der Waals surface area contributed by atoms with E-state index in [2.05, 4.69) is 59.3 Å². The van der Waals surface area contributed by atoms with Crippen LogP contribution in [0.3, 0.4) is 0 Å². The summed E-state index contributed by atoms with van der Waals surface area (Å²) in [6.07, 6.45) is 5.06. The molecular weight excluding hydrogens is 382 g/mol. The highest BCUT2D eigenvalue weighted by molar-refractivity contribution is 5.97. The maximum absolute atomic E-state index is 13.1. The highest BCUT2D eigenvalue weighted by Crippen LogP contribution is 2.25. The van der Waals surface area contributed by atoms with Crippen LogP contribution in [0.1, 0.15) is 60.1 Å². The monoisotopic (exact) mass is 415 g/mol. The summed E-state index contributed by atoms with van der Waals surface area (Å²) in [6.45, 7) is 6.03. The normalized spacial score (nSPS) is 17.7. The Kier molecular flexibility index (Phi) is 6.88. The van der Waals surface area contributed by atoms with E-state index in [0.717, 1.165) is 35.5 Å². The number of nitrogens with one attached hydrogen (secondary N) is 3. The van der Waals surface area contributed by atoms with Crippen molar-refractivity contribution in [2.24, 2.45) is 0 Å². The number of hydrogen-bond acceptors (Lipinski definition) is 3. The van der Waals surface area contributed by atoms with Gasteiger partial charge >= 0.3 is 0 Å². The van der Waals surface area contributed by atoms with Crippen molar-refractivity contribution in [1.82, 2.24) is 10.6 Å². The van der Waals surface area contributed by atoms with Gasteiger partial charge in [-0.2, -0.15) is 0 Å². The molecule has 1 saturated heterocycles. The van der Waals surface area contributed by atoms with Gasteiger partial charge in [-0.15, -0.1) is 0 Å². The predicted molar refractivity (Wildman–Crippen MR) is 130 cm³/mol. The smallest absolute Gasteiger partial charge is 0.252 e. The van der Waals surface area contributed by atoms with E-state index in [0.29, 0.717) is 6.04 Å². The molecule has 4 rings (SSSR count). The van der Waals surface area contributed by atoms with Crippen LogP contribution in [0.2, 0.25) is 0 Å². The van der Waals surface area contributed by atoms with E-state index in [1.807, 2.05) is 31.2 Å². The summed E-state index contributed by atoms with van der Waals surface area (Å²) in [7, 11) is 0. The first-order valence-corrected chi connectivity index (χ1v) is 11.5. The number of hydrogen-bond donors (Lipinski definition) is 3. The molecule has 0 radical (unpaired) electrons. The Labute approximate surface area is 185 Å². The minimum absolute atomic E-state index is 0.0332. The summed E-state index contributed by atoms with van der Waals surface area (Å²) in [5.41, 5.74) is 3.85. The highest BCUT2D eigenvalue weighted by atomic mass is 16.1. The Morgan fingerprint density at radius 3 is 2.81 bits per heavy atom. The van der Waals surface area contributed by atoms with E-state index in [1.54, 1.807) is 0 Å². The molecule has 1 aliphatic heterocycles. The van der Waals surface area contributed by atoms with Crippen LogP contribution in [0.5, 0.6) is 0 Å². The van der Waals surface area contributed by atoms with E-state index >= 15 is 0 Å². The molecule has 1 amide bonds. The molecule has 0 bridgehead atoms. The average molecular weight is 416 g/mol. The second-order valence-corrected chi connectivity index (χ2v) is 8.67. The maximum atomic E-state index is 13.1. The second kappa shape index (κ2) is 9.97. The van der Waals surface area contributed by atoms with Crippen LogP contribution in [-0.2, 0) is 0 Å². The third-order valence-electron chi connectivity index (χ3n) is 6.33. The summed E-state index contributed by atoms with van der Waals surface area (Å²) in [5, 5.41) is 12.7. The van der Waals surface area contributed by atoms with Crippen molar-refractivity contribution in [3.8, 4) is 0 Å². The Morgan fingerprint density at radius 2 is 1.90 bits per heavy atom. The van der Waals surface area contributed by atoms with Crippen molar-refractivity contribution in [2.75, 3.05) is 18.4 Å². The molecule has 1 fully saturated rings. The minimum Gasteiger partial charge on any atom is -0.383 e. The summed E-state index contributed by atoms with van der Waals surface area (Å²) in [4.78, 5) is 13.1. The topological polar surface area (TPSA) is 53.2 Å². The van der Waals surface area contributed by atoms with Gasteiger partial charge in [0, 0.05) is 23.8 Å². The van der Waals surface area contributed by atoms with Crippen molar-refractivity contribution >= 4 is 22.4 Å². The van der Waals surface area contributed by atoms with Gasteiger partial charge in [0.1, 0.15) is 0 Å². The fourth-order valence-electron chi connectivity index (χ4n) is 4.47. The molecule has 4 nitrogen and oxygen atoms in total. The number of benzene rings is 3. The molecule has 0 saturated carbocycles. The van der Waals surface area contributed by atoms with Crippen molar-refractivity contribution in [3.05, 3.63) is 77.4 Å². The summed E-state index contributed by atoms with van der Waals surface area (Å²) < 4.78 is 0. The van der Waals surface area contributed by atoms with Crippen LogP contribution in [0.15, 0.2) is 60.7 Å². The van der Waals surface area contributed by atoms with Gasteiger partial charge in [-0.1, -0.05) is 61.4 Å². The lowest BCUT2D eigenvalue weighted by molar-refractivity contribution is 0.0939. The molecule has 0 unspecified atom stereocenters. The standard InChI is InChI=1S/C27H33N3O/c1-19-14-15-22(29-18-23-11-4-3-7-16-28-23)17-26(19)27(31)30-20(2)24-13-8-10-21-9-5-6-12-25(21)24/h5-6,8-10,12-15,17,20,23,28-29H,3-4,7,11,16,18H2,1-2H3,(H,30,31)/t20-,23-/m1/s1. The molecule has 0 spiro atoms. The summed E-state index contributed by atoms with van der Waals surface area (Å²) in [5.74, 6) is -0.0332. The van der Waals surface area contributed by atoms with E-state index in [-0.39, 0.29) is 11.9 Å². The van der Waals surface area contributed by atoms with Crippen molar-refractivity contribution in [3.63, 3.8) is 0 Å². The van der Waals surface area contributed by atoms with Crippen LogP contribution in [0.4, 0.5) is 5.69 Å². The first kappa shape index (κ1) is 21.4. The Hall–Kier alpha value is -2.85. The zero-order chi connectivity index (χ0) is 21.6. The molecule has 1 heterocycles. The largest absolute Gasteiger partial charge is 0.383 e. The van der Waals surface area contributed by atoms with Gasteiger partial charge in [-0.25, -0.2) is 0 Å². The number of aryl methyl sites for hydroxylation is 1. The Morgan fingerprint density at radius 1 is 1.06 bits per heavy atom. The van der Waals surface area contributed by atoms with Gasteiger partial charge in [0.25, 0.3) is 5.91 Å². The third kappa shape index (κ3) is 5.26. The maximum Gasteiger partial charge on any atom is 0.252 e. The molecule has 1 aliphatic rings. The van der Waals surface area contributed by atoms with Gasteiger partial charge in [0.15, 0.2) is 0 Å². The lowest BCUT2D eigenvalue weighted by atomic mass is 9.99. The minimum atomic E-state index is -0.0789. The quantitative estimate of drug-likeness (QED) is 0.492. The Balaban J connectivity index is 1.45. The molecule has 2 atom stereocenters. The van der Waals surface area contributed by atoms with Gasteiger partial charge < -0.3 is 16.0 Å². The van der Waals surface area contributed by atoms with Crippen molar-refractivity contribution in [2.45, 2.75) is 51.6 Å². The zero-order valence-electron chi connectivity index (χ0n) is 18.6. The number of fused-ring (bicyclic) bond motifs is 1. The van der Waals surface area contributed by atoms with Crippen LogP contribution < -0.4 is 16.0 Å². The van der Waals surface area contributed by atoms with Gasteiger partial charge in [0.05, 0.1) is 6.04 Å². The second-order valence-electron chi connectivity index (χ2n) is 8.67. The number of carbonyl (C=O) groups is 1. The SMILES string of the molecule is Cc1ccc(NC[C@H]2CCCCCN2)cc1C(=O)N[C@H](C)c1cccc2ccccc12. The Bertz CT molecular complexity index is 1030. The first-order valence-electron chi connectivity index (χ1n) is 11.5. The predicted octanol–water partition coefficient (Wildman–Crippen LogP) is 5.58. The number of anilines is 1. The molecule has 3 N–H and O–H groups in total. The fraction of sp³-hybridized carbons (Fsp3) is 0.370. The fourth-order valence-corrected chi connectivity index (χ4v) is 4.47. The van der Waals surface area contributed by atoms with E-state index in [4.69, 9.17) is 0 Å². The van der Waals surface area contributed by atoms with Crippen LogP contribution in [0.25, 0.3) is 10.8 Å². The average Bonchev–Trinajstić information content (AvgIpc) is 3.07. The molecule has 3 aromatic rings. The summed E-state index contributed by atoms with van der Waals surface area (Å²) in [6, 6.07) is 21.1. The molecule has 0 aliphatic carbocycles. The molecule has 3 aromatic carbocycles. The number of amides is 1. The molecular formula is C27H33N3O. The first-order chi connectivity index (χ1) is 15.1. The van der Waals surface area contributed by atoms with Gasteiger partial charge in [-0.05, 0) is 67.3 Å². The van der Waals surface area contributed by atoms with Crippen molar-refractivity contribution in [1.29, 1.82) is 0 Å². The van der Waals surface area contributed by atoms with Crippen LogP contribution >= 0.6 is 0 Å². The van der Waals surface area contributed by atoms with E-state index in [9.17, 15) is 4.79 Å². The molecule has 162 valence electrons. The molecule has 0 aromatic heterocycles. The molecule has 31 heavy (non-hydrogen) atoms. The lowest BCUT2D eigenvalue weighted by Gasteiger charge is -2.19. The lowest BCUT2D eigenvalue weighted by Crippen LogP contribution is -2.34. The van der Waals surface area contributed by atoms with E-state index < -0.39 is 0 Å². The van der Waals surface area contributed by atoms with Crippen LogP contribution in [0, 0.1) is 6.92 Å². The van der Waals surface area contributed by atoms with Crippen molar-refractivity contribution < 1.29 is 4.79 Å². The third-order valence-corrected chi connectivity index (χ3v) is 6.33. The summed E-state index contributed by atoms with van der Waals surface area (Å²) >= 11 is 0. The number of rotatable bonds is 6. The molecule has 4 heteroatoms. The van der Waals surface area contributed by atoms with Crippen LogP contribution in [-0.4, -0.2) is 25.0 Å². The number of carbonyl (C=O) groups excluding carboxylic acids is 1. The zero-order valence-corrected chi connectivity index (χ0v) is 18.6. The van der Waals surface area contributed by atoms with Gasteiger partial charge in [-0.3, -0.25) is 4.79 Å². The highest BCUT2D eigenvalue weighted by Gasteiger charge is 2.16. The van der Waals surface area contributed by atoms with E-state index in [1.165, 1.54) is 36.5 Å². The van der Waals surface area contributed by atoms with Gasteiger partial charge in [0.2, 0.25) is 0 Å².